The predicted molar refractivity (Wildman–Crippen MR) is 90.8 cm³/mol. The van der Waals surface area contributed by atoms with Gasteiger partial charge >= 0.3 is 0 Å². The summed E-state index contributed by atoms with van der Waals surface area (Å²) < 4.78 is 6.90. The summed E-state index contributed by atoms with van der Waals surface area (Å²) in [5, 5.41) is 10.1. The third-order valence-corrected chi connectivity index (χ3v) is 4.96. The van der Waals surface area contributed by atoms with Crippen LogP contribution in [0.3, 0.4) is 0 Å². The molecular formula is C18H22N4O3. The Kier molecular flexibility index (Phi) is 4.29. The number of furan rings is 1. The van der Waals surface area contributed by atoms with E-state index in [1.54, 1.807) is 23.3 Å². The first-order valence-corrected chi connectivity index (χ1v) is 8.85. The molecule has 4 rings (SSSR count). The van der Waals surface area contributed by atoms with Crippen molar-refractivity contribution in [2.24, 2.45) is 5.92 Å². The normalized spacial score (nSPS) is 22.7. The number of nitrogens with one attached hydrogen (secondary N) is 2. The smallest absolute Gasteiger partial charge is 0.241 e. The van der Waals surface area contributed by atoms with Crippen LogP contribution in [0.5, 0.6) is 0 Å². The molecule has 0 aliphatic heterocycles. The summed E-state index contributed by atoms with van der Waals surface area (Å²) in [6.07, 6.45) is 10.2. The highest BCUT2D eigenvalue weighted by atomic mass is 16.3. The fourth-order valence-corrected chi connectivity index (χ4v) is 3.54. The predicted octanol–water partition coefficient (Wildman–Crippen LogP) is 2.28. The van der Waals surface area contributed by atoms with Crippen LogP contribution in [-0.2, 0) is 16.1 Å². The molecule has 2 heterocycles. The second-order valence-corrected chi connectivity index (χ2v) is 6.93. The first-order chi connectivity index (χ1) is 12.2. The minimum atomic E-state index is -0.0554. The highest BCUT2D eigenvalue weighted by Gasteiger charge is 2.45. The molecule has 2 fully saturated rings. The van der Waals surface area contributed by atoms with Gasteiger partial charge in [0.25, 0.3) is 0 Å². The zero-order chi connectivity index (χ0) is 17.2. The number of amides is 2. The zero-order valence-electron chi connectivity index (χ0n) is 14.0. The van der Waals surface area contributed by atoms with Crippen molar-refractivity contribution >= 4 is 17.5 Å². The number of hydrogen-bond donors (Lipinski definition) is 2. The second-order valence-electron chi connectivity index (χ2n) is 6.93. The van der Waals surface area contributed by atoms with Crippen LogP contribution in [-0.4, -0.2) is 27.6 Å². The Morgan fingerprint density at radius 3 is 2.92 bits per heavy atom. The lowest BCUT2D eigenvalue weighted by Gasteiger charge is -2.11. The maximum atomic E-state index is 12.3. The SMILES string of the molecule is O=C(Cn1cc(NC(=O)[C@@H]2C[C@@H]2c2ccco2)cn1)NC1CCCC1. The summed E-state index contributed by atoms with van der Waals surface area (Å²) in [6.45, 7) is 0.171. The summed E-state index contributed by atoms with van der Waals surface area (Å²) >= 11 is 0. The van der Waals surface area contributed by atoms with Crippen molar-refractivity contribution in [3.8, 4) is 0 Å². The van der Waals surface area contributed by atoms with E-state index in [0.717, 1.165) is 25.0 Å². The minimum absolute atomic E-state index is 0.0312. The van der Waals surface area contributed by atoms with Crippen LogP contribution in [0.4, 0.5) is 5.69 Å². The maximum Gasteiger partial charge on any atom is 0.241 e. The van der Waals surface area contributed by atoms with Gasteiger partial charge in [-0.05, 0) is 31.4 Å². The van der Waals surface area contributed by atoms with E-state index in [2.05, 4.69) is 15.7 Å². The summed E-state index contributed by atoms with van der Waals surface area (Å²) in [5.41, 5.74) is 0.615. The molecule has 7 heteroatoms. The fourth-order valence-electron chi connectivity index (χ4n) is 3.54. The largest absolute Gasteiger partial charge is 0.469 e. The average molecular weight is 342 g/mol. The molecule has 7 nitrogen and oxygen atoms in total. The van der Waals surface area contributed by atoms with Crippen LogP contribution in [0, 0.1) is 5.92 Å². The second kappa shape index (κ2) is 6.74. The number of nitrogens with zero attached hydrogens (tertiary/aromatic N) is 2. The van der Waals surface area contributed by atoms with Crippen LogP contribution in [0.2, 0.25) is 0 Å². The topological polar surface area (TPSA) is 89.2 Å². The first kappa shape index (κ1) is 15.9. The summed E-state index contributed by atoms with van der Waals surface area (Å²) in [7, 11) is 0. The number of aromatic nitrogens is 2. The number of hydrogen-bond acceptors (Lipinski definition) is 4. The summed E-state index contributed by atoms with van der Waals surface area (Å²) in [4.78, 5) is 24.3. The molecule has 2 aromatic rings. The minimum Gasteiger partial charge on any atom is -0.469 e. The first-order valence-electron chi connectivity index (χ1n) is 8.85. The van der Waals surface area contributed by atoms with E-state index in [1.165, 1.54) is 12.8 Å². The molecule has 0 saturated heterocycles. The van der Waals surface area contributed by atoms with Gasteiger partial charge in [-0.3, -0.25) is 14.3 Å². The van der Waals surface area contributed by atoms with Gasteiger partial charge in [-0.25, -0.2) is 0 Å². The Bertz CT molecular complexity index is 746. The Hall–Kier alpha value is -2.57. The molecule has 0 unspecified atom stereocenters. The van der Waals surface area contributed by atoms with Crippen molar-refractivity contribution in [3.63, 3.8) is 0 Å². The van der Waals surface area contributed by atoms with E-state index in [0.29, 0.717) is 11.7 Å². The van der Waals surface area contributed by atoms with E-state index in [4.69, 9.17) is 4.42 Å². The summed E-state index contributed by atoms with van der Waals surface area (Å²) in [5.74, 6) is 0.908. The van der Waals surface area contributed by atoms with Crippen LogP contribution in [0.15, 0.2) is 35.2 Å². The van der Waals surface area contributed by atoms with Gasteiger partial charge < -0.3 is 15.1 Å². The van der Waals surface area contributed by atoms with Gasteiger partial charge in [0.05, 0.1) is 18.1 Å². The molecule has 2 saturated carbocycles. The molecule has 2 amide bonds. The fraction of sp³-hybridized carbons (Fsp3) is 0.500. The third-order valence-electron chi connectivity index (χ3n) is 4.96. The van der Waals surface area contributed by atoms with Gasteiger partial charge in [0.15, 0.2) is 0 Å². The van der Waals surface area contributed by atoms with E-state index in [1.807, 2.05) is 12.1 Å². The van der Waals surface area contributed by atoms with E-state index >= 15 is 0 Å². The molecule has 2 aliphatic carbocycles. The Morgan fingerprint density at radius 2 is 2.16 bits per heavy atom. The highest BCUT2D eigenvalue weighted by Crippen LogP contribution is 2.48. The molecular weight excluding hydrogens is 320 g/mol. The lowest BCUT2D eigenvalue weighted by atomic mass is 10.2. The number of carbonyl (C=O) groups excluding carboxylic acids is 2. The molecule has 0 bridgehead atoms. The van der Waals surface area contributed by atoms with Crippen LogP contribution < -0.4 is 10.6 Å². The lowest BCUT2D eigenvalue weighted by molar-refractivity contribution is -0.122. The molecule has 0 spiro atoms. The van der Waals surface area contributed by atoms with Crippen LogP contribution >= 0.6 is 0 Å². The third kappa shape index (κ3) is 3.75. The molecule has 2 aliphatic rings. The van der Waals surface area contributed by atoms with Crippen LogP contribution in [0.25, 0.3) is 0 Å². The van der Waals surface area contributed by atoms with Crippen molar-refractivity contribution in [1.29, 1.82) is 0 Å². The van der Waals surface area contributed by atoms with Gasteiger partial charge in [0.2, 0.25) is 11.8 Å². The number of rotatable bonds is 6. The molecule has 25 heavy (non-hydrogen) atoms. The van der Waals surface area contributed by atoms with E-state index < -0.39 is 0 Å². The van der Waals surface area contributed by atoms with Crippen molar-refractivity contribution in [2.45, 2.75) is 50.6 Å². The van der Waals surface area contributed by atoms with Crippen molar-refractivity contribution in [2.75, 3.05) is 5.32 Å². The van der Waals surface area contributed by atoms with Gasteiger partial charge in [-0.2, -0.15) is 5.10 Å². The van der Waals surface area contributed by atoms with Crippen molar-refractivity contribution in [3.05, 3.63) is 36.5 Å². The molecule has 0 radical (unpaired) electrons. The summed E-state index contributed by atoms with van der Waals surface area (Å²) in [6, 6.07) is 4.04. The van der Waals surface area contributed by atoms with Gasteiger partial charge in [0.1, 0.15) is 12.3 Å². The molecule has 0 aromatic carbocycles. The Balaban J connectivity index is 1.26. The van der Waals surface area contributed by atoms with Gasteiger partial charge in [-0.15, -0.1) is 0 Å². The average Bonchev–Trinajstić information content (AvgIpc) is 3.03. The maximum absolute atomic E-state index is 12.3. The standard InChI is InChI=1S/C18H22N4O3/c23-17(20-12-4-1-2-5-12)11-22-10-13(9-19-22)21-18(24)15-8-14(15)16-6-3-7-25-16/h3,6-7,9-10,12,14-15H,1-2,4-5,8,11H2,(H,20,23)(H,21,24)/t14-,15+/m0/s1. The number of anilines is 1. The van der Waals surface area contributed by atoms with Crippen LogP contribution in [0.1, 0.15) is 43.8 Å². The zero-order valence-corrected chi connectivity index (χ0v) is 14.0. The van der Waals surface area contributed by atoms with E-state index in [9.17, 15) is 9.59 Å². The Labute approximate surface area is 145 Å². The van der Waals surface area contributed by atoms with Crippen molar-refractivity contribution in [1.82, 2.24) is 15.1 Å². The monoisotopic (exact) mass is 342 g/mol. The van der Waals surface area contributed by atoms with Gasteiger partial charge in [-0.1, -0.05) is 12.8 Å². The quantitative estimate of drug-likeness (QED) is 0.843. The highest BCUT2D eigenvalue weighted by molar-refractivity contribution is 5.94. The molecule has 132 valence electrons. The lowest BCUT2D eigenvalue weighted by Crippen LogP contribution is -2.35. The molecule has 2 aromatic heterocycles. The molecule has 2 N–H and O–H groups in total. The molecule has 2 atom stereocenters. The van der Waals surface area contributed by atoms with Gasteiger partial charge in [0, 0.05) is 24.1 Å². The Morgan fingerprint density at radius 1 is 1.32 bits per heavy atom. The number of carbonyl (C=O) groups is 2. The van der Waals surface area contributed by atoms with E-state index in [-0.39, 0.29) is 30.2 Å². The van der Waals surface area contributed by atoms with Crippen molar-refractivity contribution < 1.29 is 14.0 Å².